The fourth-order valence-electron chi connectivity index (χ4n) is 4.01. The molecule has 0 amide bonds. The van der Waals surface area contributed by atoms with Crippen LogP contribution in [0.3, 0.4) is 0 Å². The smallest absolute Gasteiger partial charge is 0.294 e. The lowest BCUT2D eigenvalue weighted by Crippen LogP contribution is -2.41. The van der Waals surface area contributed by atoms with Crippen molar-refractivity contribution in [2.45, 2.75) is 37.7 Å². The van der Waals surface area contributed by atoms with Gasteiger partial charge >= 0.3 is 0 Å². The van der Waals surface area contributed by atoms with Crippen molar-refractivity contribution in [3.8, 4) is 16.5 Å². The molecule has 0 aliphatic carbocycles. The average molecular weight is 507 g/mol. The Kier molecular flexibility index (Phi) is 6.99. The number of guanidine groups is 1. The second kappa shape index (κ2) is 9.79. The van der Waals surface area contributed by atoms with Gasteiger partial charge in [0, 0.05) is 38.2 Å². The van der Waals surface area contributed by atoms with Crippen molar-refractivity contribution in [3.05, 3.63) is 30.2 Å². The zero-order valence-electron chi connectivity index (χ0n) is 19.5. The van der Waals surface area contributed by atoms with E-state index in [0.29, 0.717) is 21.8 Å². The number of imidazole rings is 1. The molecular formula is C22H27FN6O3S2. The Balaban J connectivity index is 1.42. The van der Waals surface area contributed by atoms with Crippen LogP contribution >= 0.6 is 11.3 Å². The van der Waals surface area contributed by atoms with Crippen molar-refractivity contribution < 1.29 is 17.5 Å². The molecule has 12 heteroatoms. The van der Waals surface area contributed by atoms with Gasteiger partial charge in [-0.3, -0.25) is 4.99 Å². The first-order valence-corrected chi connectivity index (χ1v) is 13.6. The molecule has 182 valence electrons. The van der Waals surface area contributed by atoms with Gasteiger partial charge in [0.25, 0.3) is 5.19 Å². The summed E-state index contributed by atoms with van der Waals surface area (Å²) in [6.45, 7) is 5.67. The third-order valence-electron chi connectivity index (χ3n) is 5.89. The maximum Gasteiger partial charge on any atom is 0.294 e. The maximum absolute atomic E-state index is 14.5. The number of nitrogens with zero attached hydrogens (tertiary/aromatic N) is 6. The summed E-state index contributed by atoms with van der Waals surface area (Å²) in [7, 11) is -1.73. The second-order valence-corrected chi connectivity index (χ2v) is 11.1. The number of fused-ring (bicyclic) bond motifs is 1. The number of likely N-dealkylation sites (tertiary alicyclic amines) is 1. The van der Waals surface area contributed by atoms with Gasteiger partial charge in [0.05, 0.1) is 16.8 Å². The van der Waals surface area contributed by atoms with Crippen LogP contribution in [0.4, 0.5) is 4.39 Å². The molecule has 1 aliphatic rings. The minimum atomic E-state index is -3.48. The van der Waals surface area contributed by atoms with Gasteiger partial charge in [-0.25, -0.2) is 27.3 Å². The van der Waals surface area contributed by atoms with Crippen molar-refractivity contribution in [3.63, 3.8) is 0 Å². The van der Waals surface area contributed by atoms with Crippen LogP contribution in [0.2, 0.25) is 0 Å². The molecule has 0 saturated carbocycles. The first-order chi connectivity index (χ1) is 16.2. The highest BCUT2D eigenvalue weighted by Crippen LogP contribution is 2.30. The number of hydrogen-bond donors (Lipinski definition) is 0. The molecule has 4 rings (SSSR count). The van der Waals surface area contributed by atoms with Gasteiger partial charge in [-0.2, -0.15) is 0 Å². The molecule has 3 heterocycles. The molecule has 1 saturated heterocycles. The van der Waals surface area contributed by atoms with Crippen LogP contribution in [0.25, 0.3) is 16.2 Å². The highest BCUT2D eigenvalue weighted by Gasteiger charge is 2.27. The quantitative estimate of drug-likeness (QED) is 0.387. The van der Waals surface area contributed by atoms with Crippen LogP contribution in [0.15, 0.2) is 39.3 Å². The topological polar surface area (TPSA) is 102 Å². The molecule has 2 aromatic heterocycles. The second-order valence-electron chi connectivity index (χ2n) is 8.19. The van der Waals surface area contributed by atoms with Gasteiger partial charge in [-0.15, -0.1) is 5.10 Å². The zero-order valence-corrected chi connectivity index (χ0v) is 21.1. The van der Waals surface area contributed by atoms with Crippen molar-refractivity contribution in [1.82, 2.24) is 19.5 Å². The number of benzene rings is 1. The average Bonchev–Trinajstić information content (AvgIpc) is 3.35. The highest BCUT2D eigenvalue weighted by atomic mass is 32.2. The first-order valence-electron chi connectivity index (χ1n) is 10.9. The van der Waals surface area contributed by atoms with E-state index in [2.05, 4.69) is 25.0 Å². The van der Waals surface area contributed by atoms with Gasteiger partial charge in [0.2, 0.25) is 10.9 Å². The zero-order chi connectivity index (χ0) is 24.5. The number of halogens is 1. The standard InChI is InChI=1S/C22H27FN6O3S2/c1-5-25-20(24-3)28-10-8-15(9-11-28)14(2)32-22-27-29-13-19(26-21(29)33-22)17-7-6-16(12-18(17)23)34(4,30)31/h5-7,12-15H,8-11H2,1-4H3/b24-20+,25-5-/t14-/m0/s1. The third kappa shape index (κ3) is 5.12. The highest BCUT2D eigenvalue weighted by molar-refractivity contribution is 7.90. The molecule has 0 bridgehead atoms. The molecule has 0 unspecified atom stereocenters. The predicted octanol–water partition coefficient (Wildman–Crippen LogP) is 3.56. The van der Waals surface area contributed by atoms with Gasteiger partial charge in [0.1, 0.15) is 11.9 Å². The van der Waals surface area contributed by atoms with E-state index in [1.54, 1.807) is 24.0 Å². The van der Waals surface area contributed by atoms with E-state index in [4.69, 9.17) is 4.74 Å². The number of aliphatic imine (C=N–C) groups is 2. The van der Waals surface area contributed by atoms with Crippen LogP contribution in [-0.2, 0) is 9.84 Å². The van der Waals surface area contributed by atoms with E-state index in [0.717, 1.165) is 44.2 Å². The molecule has 3 aromatic rings. The number of piperidine rings is 1. The summed E-state index contributed by atoms with van der Waals surface area (Å²) in [6, 6.07) is 3.81. The lowest BCUT2D eigenvalue weighted by atomic mass is 9.92. The lowest BCUT2D eigenvalue weighted by Gasteiger charge is -2.34. The number of ether oxygens (including phenoxy) is 1. The Morgan fingerprint density at radius 2 is 2.09 bits per heavy atom. The molecule has 9 nitrogen and oxygen atoms in total. The lowest BCUT2D eigenvalue weighted by molar-refractivity contribution is 0.107. The predicted molar refractivity (Wildman–Crippen MR) is 131 cm³/mol. The maximum atomic E-state index is 14.5. The van der Waals surface area contributed by atoms with E-state index in [1.807, 2.05) is 13.8 Å². The van der Waals surface area contributed by atoms with Crippen molar-refractivity contribution in [2.75, 3.05) is 26.4 Å². The summed E-state index contributed by atoms with van der Waals surface area (Å²) in [5.41, 5.74) is 0.599. The fraction of sp³-hybridized carbons (Fsp3) is 0.455. The fourth-order valence-corrected chi connectivity index (χ4v) is 5.46. The summed E-state index contributed by atoms with van der Waals surface area (Å²) in [5, 5.41) is 4.95. The number of sulfone groups is 1. The molecule has 34 heavy (non-hydrogen) atoms. The Bertz CT molecular complexity index is 1310. The van der Waals surface area contributed by atoms with Gasteiger partial charge in [-0.1, -0.05) is 0 Å². The Morgan fingerprint density at radius 3 is 2.68 bits per heavy atom. The molecule has 1 aliphatic heterocycles. The summed E-state index contributed by atoms with van der Waals surface area (Å²) < 4.78 is 45.5. The van der Waals surface area contributed by atoms with Crippen LogP contribution in [0.5, 0.6) is 5.19 Å². The molecule has 1 atom stereocenters. The summed E-state index contributed by atoms with van der Waals surface area (Å²) in [5.74, 6) is 0.495. The molecule has 1 fully saturated rings. The molecule has 0 spiro atoms. The van der Waals surface area contributed by atoms with Crippen molar-refractivity contribution in [1.29, 1.82) is 0 Å². The molecular weight excluding hydrogens is 479 g/mol. The van der Waals surface area contributed by atoms with Crippen LogP contribution in [0.1, 0.15) is 26.7 Å². The number of rotatable bonds is 5. The van der Waals surface area contributed by atoms with E-state index in [1.165, 1.54) is 23.5 Å². The normalized spacial score (nSPS) is 17.1. The molecule has 0 radical (unpaired) electrons. The monoisotopic (exact) mass is 506 g/mol. The Labute approximate surface area is 201 Å². The minimum absolute atomic E-state index is 0.0184. The van der Waals surface area contributed by atoms with E-state index in [-0.39, 0.29) is 16.6 Å². The van der Waals surface area contributed by atoms with Gasteiger partial charge in [-0.05, 0) is 62.1 Å². The molecule has 1 aromatic carbocycles. The van der Waals surface area contributed by atoms with Crippen LogP contribution in [-0.4, -0.2) is 72.6 Å². The first kappa shape index (κ1) is 24.3. The number of aromatic nitrogens is 3. The van der Waals surface area contributed by atoms with Crippen LogP contribution < -0.4 is 4.74 Å². The third-order valence-corrected chi connectivity index (χ3v) is 7.81. The van der Waals surface area contributed by atoms with E-state index < -0.39 is 15.7 Å². The summed E-state index contributed by atoms with van der Waals surface area (Å²) >= 11 is 1.29. The Hall–Kier alpha value is -2.86. The number of hydrogen-bond acceptors (Lipinski definition) is 7. The SMILES string of the molecule is C/C=N\C(=N/C)N1CCC([C@H](C)Oc2nn3cc(-c4ccc(S(C)(=O)=O)cc4F)nc3s2)CC1. The van der Waals surface area contributed by atoms with Crippen molar-refractivity contribution in [2.24, 2.45) is 15.9 Å². The Morgan fingerprint density at radius 1 is 1.35 bits per heavy atom. The summed E-state index contributed by atoms with van der Waals surface area (Å²) in [6.07, 6.45) is 6.32. The van der Waals surface area contributed by atoms with E-state index in [9.17, 15) is 12.8 Å². The van der Waals surface area contributed by atoms with Crippen LogP contribution in [0, 0.1) is 11.7 Å². The van der Waals surface area contributed by atoms with Gasteiger partial charge < -0.3 is 9.64 Å². The molecule has 0 N–H and O–H groups in total. The largest absolute Gasteiger partial charge is 0.466 e. The van der Waals surface area contributed by atoms with E-state index >= 15 is 0 Å². The van der Waals surface area contributed by atoms with Crippen molar-refractivity contribution >= 4 is 38.3 Å². The minimum Gasteiger partial charge on any atom is -0.466 e. The van der Waals surface area contributed by atoms with Gasteiger partial charge in [0.15, 0.2) is 9.84 Å². The summed E-state index contributed by atoms with van der Waals surface area (Å²) in [4.78, 5) is 15.7.